The molecule has 1 aliphatic carbocycles. The van der Waals surface area contributed by atoms with Crippen LogP contribution < -0.4 is 11.1 Å². The van der Waals surface area contributed by atoms with Gasteiger partial charge in [0.2, 0.25) is 0 Å². The molecule has 1 unspecified atom stereocenters. The number of nitrogens with two attached hydrogens (primary N) is 1. The van der Waals surface area contributed by atoms with Crippen molar-refractivity contribution < 1.29 is 9.47 Å². The van der Waals surface area contributed by atoms with Gasteiger partial charge in [-0.15, -0.1) is 24.0 Å². The van der Waals surface area contributed by atoms with Crippen molar-refractivity contribution in [3.05, 3.63) is 0 Å². The van der Waals surface area contributed by atoms with Crippen molar-refractivity contribution >= 4 is 29.9 Å². The van der Waals surface area contributed by atoms with E-state index >= 15 is 0 Å². The van der Waals surface area contributed by atoms with E-state index in [1.54, 1.807) is 0 Å². The molecular weight excluding hydrogens is 393 g/mol. The molecule has 0 aromatic heterocycles. The van der Waals surface area contributed by atoms with E-state index in [1.165, 1.54) is 44.9 Å². The fourth-order valence-electron chi connectivity index (χ4n) is 3.04. The zero-order valence-corrected chi connectivity index (χ0v) is 15.9. The molecule has 130 valence electrons. The third-order valence-corrected chi connectivity index (χ3v) is 4.26. The normalized spacial score (nSPS) is 23.8. The summed E-state index contributed by atoms with van der Waals surface area (Å²) in [6, 6.07) is 0.520. The molecule has 0 aromatic carbocycles. The summed E-state index contributed by atoms with van der Waals surface area (Å²) in [7, 11) is 0. The lowest BCUT2D eigenvalue weighted by molar-refractivity contribution is 0.0171. The monoisotopic (exact) mass is 425 g/mol. The second kappa shape index (κ2) is 12.4. The lowest BCUT2D eigenvalue weighted by Gasteiger charge is -2.16. The van der Waals surface area contributed by atoms with Gasteiger partial charge in [0.25, 0.3) is 0 Å². The van der Waals surface area contributed by atoms with Gasteiger partial charge in [-0.25, -0.2) is 0 Å². The van der Waals surface area contributed by atoms with Gasteiger partial charge < -0.3 is 20.5 Å². The van der Waals surface area contributed by atoms with Crippen LogP contribution in [0.3, 0.4) is 0 Å². The predicted octanol–water partition coefficient (Wildman–Crippen LogP) is 2.82. The number of nitrogens with zero attached hydrogens (tertiary/aromatic N) is 1. The molecule has 0 aromatic rings. The van der Waals surface area contributed by atoms with E-state index in [0.717, 1.165) is 39.2 Å². The molecule has 1 saturated heterocycles. The van der Waals surface area contributed by atoms with Crippen molar-refractivity contribution in [1.29, 1.82) is 0 Å². The van der Waals surface area contributed by atoms with E-state index in [2.05, 4.69) is 10.3 Å². The number of rotatable bonds is 7. The van der Waals surface area contributed by atoms with Gasteiger partial charge in [0, 0.05) is 25.8 Å². The third-order valence-electron chi connectivity index (χ3n) is 4.26. The number of aliphatic imine (C=N–C) groups is 1. The largest absolute Gasteiger partial charge is 0.379 e. The van der Waals surface area contributed by atoms with Crippen LogP contribution in [0.2, 0.25) is 0 Å². The zero-order chi connectivity index (χ0) is 14.8. The SMILES string of the molecule is I.NC(=NCCCOCC1CCCO1)NC1CCCCCC1. The predicted molar refractivity (Wildman–Crippen MR) is 101 cm³/mol. The highest BCUT2D eigenvalue weighted by Gasteiger charge is 2.15. The maximum atomic E-state index is 5.95. The molecule has 22 heavy (non-hydrogen) atoms. The van der Waals surface area contributed by atoms with Gasteiger partial charge in [-0.1, -0.05) is 25.7 Å². The smallest absolute Gasteiger partial charge is 0.188 e. The summed E-state index contributed by atoms with van der Waals surface area (Å²) in [4.78, 5) is 4.39. The Bertz CT molecular complexity index is 302. The first kappa shape index (κ1) is 20.0. The van der Waals surface area contributed by atoms with E-state index < -0.39 is 0 Å². The lowest BCUT2D eigenvalue weighted by Crippen LogP contribution is -2.39. The van der Waals surface area contributed by atoms with Crippen molar-refractivity contribution in [3.8, 4) is 0 Å². The van der Waals surface area contributed by atoms with Crippen LogP contribution >= 0.6 is 24.0 Å². The molecule has 1 saturated carbocycles. The summed E-state index contributed by atoms with van der Waals surface area (Å²) in [6.45, 7) is 3.08. The number of halogens is 1. The Labute approximate surface area is 151 Å². The summed E-state index contributed by atoms with van der Waals surface area (Å²) in [6.07, 6.45) is 11.3. The Morgan fingerprint density at radius 2 is 1.91 bits per heavy atom. The van der Waals surface area contributed by atoms with Gasteiger partial charge in [-0.2, -0.15) is 0 Å². The highest BCUT2D eigenvalue weighted by Crippen LogP contribution is 2.16. The number of ether oxygens (including phenoxy) is 2. The van der Waals surface area contributed by atoms with Crippen molar-refractivity contribution in [3.63, 3.8) is 0 Å². The second-order valence-electron chi connectivity index (χ2n) is 6.16. The van der Waals surface area contributed by atoms with Crippen molar-refractivity contribution in [2.75, 3.05) is 26.4 Å². The van der Waals surface area contributed by atoms with Crippen LogP contribution in [0.1, 0.15) is 57.8 Å². The molecular formula is C16H32IN3O2. The van der Waals surface area contributed by atoms with Crippen LogP contribution in [0.25, 0.3) is 0 Å². The summed E-state index contributed by atoms with van der Waals surface area (Å²) >= 11 is 0. The highest BCUT2D eigenvalue weighted by atomic mass is 127. The summed E-state index contributed by atoms with van der Waals surface area (Å²) in [5, 5.41) is 3.36. The maximum absolute atomic E-state index is 5.95. The molecule has 2 aliphatic rings. The minimum Gasteiger partial charge on any atom is -0.379 e. The van der Waals surface area contributed by atoms with Gasteiger partial charge in [-0.3, -0.25) is 4.99 Å². The highest BCUT2D eigenvalue weighted by molar-refractivity contribution is 14.0. The summed E-state index contributed by atoms with van der Waals surface area (Å²) in [5.74, 6) is 0.598. The minimum absolute atomic E-state index is 0. The van der Waals surface area contributed by atoms with Gasteiger partial charge >= 0.3 is 0 Å². The van der Waals surface area contributed by atoms with E-state index in [0.29, 0.717) is 18.1 Å². The Balaban J connectivity index is 0.00000242. The minimum atomic E-state index is 0. The van der Waals surface area contributed by atoms with Crippen LogP contribution in [0.4, 0.5) is 0 Å². The molecule has 2 rings (SSSR count). The summed E-state index contributed by atoms with van der Waals surface area (Å²) < 4.78 is 11.1. The average molecular weight is 425 g/mol. The van der Waals surface area contributed by atoms with Crippen molar-refractivity contribution in [1.82, 2.24) is 5.32 Å². The van der Waals surface area contributed by atoms with Crippen molar-refractivity contribution in [2.24, 2.45) is 10.7 Å². The van der Waals surface area contributed by atoms with E-state index in [9.17, 15) is 0 Å². The number of hydrogen-bond donors (Lipinski definition) is 2. The van der Waals surface area contributed by atoms with Crippen LogP contribution in [0.5, 0.6) is 0 Å². The first-order valence-electron chi connectivity index (χ1n) is 8.60. The first-order valence-corrected chi connectivity index (χ1v) is 8.60. The van der Waals surface area contributed by atoms with Crippen LogP contribution in [0, 0.1) is 0 Å². The molecule has 0 amide bonds. The Hall–Kier alpha value is -0.0800. The van der Waals surface area contributed by atoms with E-state index in [4.69, 9.17) is 15.2 Å². The maximum Gasteiger partial charge on any atom is 0.188 e. The van der Waals surface area contributed by atoms with Gasteiger partial charge in [0.05, 0.1) is 12.7 Å². The topological polar surface area (TPSA) is 68.9 Å². The van der Waals surface area contributed by atoms with E-state index in [1.807, 2.05) is 0 Å². The number of hydrogen-bond acceptors (Lipinski definition) is 3. The van der Waals surface area contributed by atoms with Crippen molar-refractivity contribution in [2.45, 2.75) is 69.9 Å². The van der Waals surface area contributed by atoms with Gasteiger partial charge in [0.15, 0.2) is 5.96 Å². The second-order valence-corrected chi connectivity index (χ2v) is 6.16. The fraction of sp³-hybridized carbons (Fsp3) is 0.938. The van der Waals surface area contributed by atoms with Gasteiger partial charge in [0.1, 0.15) is 0 Å². The molecule has 6 heteroatoms. The molecule has 5 nitrogen and oxygen atoms in total. The van der Waals surface area contributed by atoms with Crippen LogP contribution in [-0.4, -0.2) is 44.5 Å². The average Bonchev–Trinajstić information content (AvgIpc) is 2.87. The molecule has 3 N–H and O–H groups in total. The van der Waals surface area contributed by atoms with Crippen LogP contribution in [-0.2, 0) is 9.47 Å². The Kier molecular flexibility index (Phi) is 11.2. The standard InChI is InChI=1S/C16H31N3O2.HI/c17-16(19-14-7-3-1-2-4-8-14)18-10-6-11-20-13-15-9-5-12-21-15;/h14-15H,1-13H2,(H3,17,18,19);1H. The molecule has 0 bridgehead atoms. The molecule has 1 heterocycles. The molecule has 0 radical (unpaired) electrons. The Morgan fingerprint density at radius 1 is 1.14 bits per heavy atom. The molecule has 1 aliphatic heterocycles. The lowest BCUT2D eigenvalue weighted by atomic mass is 10.1. The number of nitrogens with one attached hydrogen (secondary N) is 1. The fourth-order valence-corrected chi connectivity index (χ4v) is 3.04. The molecule has 2 fully saturated rings. The quantitative estimate of drug-likeness (QED) is 0.216. The molecule has 0 spiro atoms. The first-order chi connectivity index (χ1) is 10.3. The zero-order valence-electron chi connectivity index (χ0n) is 13.6. The van der Waals surface area contributed by atoms with Gasteiger partial charge in [-0.05, 0) is 32.1 Å². The summed E-state index contributed by atoms with van der Waals surface area (Å²) in [5.41, 5.74) is 5.95. The molecule has 1 atom stereocenters. The number of guanidine groups is 1. The third kappa shape index (κ3) is 8.53. The van der Waals surface area contributed by atoms with Crippen LogP contribution in [0.15, 0.2) is 4.99 Å². The Morgan fingerprint density at radius 3 is 2.59 bits per heavy atom. The van der Waals surface area contributed by atoms with E-state index in [-0.39, 0.29) is 24.0 Å².